The van der Waals surface area contributed by atoms with E-state index in [-0.39, 0.29) is 0 Å². The lowest BCUT2D eigenvalue weighted by molar-refractivity contribution is 0.323. The van der Waals surface area contributed by atoms with Gasteiger partial charge in [-0.2, -0.15) is 0 Å². The number of hydrogen-bond acceptors (Lipinski definition) is 6. The lowest BCUT2D eigenvalue weighted by Crippen LogP contribution is -2.38. The van der Waals surface area contributed by atoms with E-state index >= 15 is 0 Å². The molecular formula is C16H18N2O4S2. The van der Waals surface area contributed by atoms with Crippen LogP contribution >= 0.6 is 11.3 Å². The summed E-state index contributed by atoms with van der Waals surface area (Å²) in [4.78, 5) is 0.966. The van der Waals surface area contributed by atoms with Gasteiger partial charge in [0.05, 0.1) is 37.1 Å². The number of para-hydroxylation sites is 1. The van der Waals surface area contributed by atoms with Gasteiger partial charge in [-0.1, -0.05) is 18.2 Å². The fourth-order valence-corrected chi connectivity index (χ4v) is 4.22. The molecule has 2 heterocycles. The van der Waals surface area contributed by atoms with Gasteiger partial charge in [0, 0.05) is 5.56 Å². The molecule has 0 saturated carbocycles. The van der Waals surface area contributed by atoms with E-state index in [1.807, 2.05) is 35.7 Å². The van der Waals surface area contributed by atoms with Gasteiger partial charge in [0.25, 0.3) is 0 Å². The standard InChI is InChI=1S/C16H18N2O4S2/c1-21-14-7-4-6-11(16(14)22-2)13-10-12(15-8-5-9-23-15)17-18(13)24(3,19)20/h4-10,13,17H,1-3H3/t13-/m1/s1. The van der Waals surface area contributed by atoms with Gasteiger partial charge in [0.1, 0.15) is 0 Å². The number of nitrogens with one attached hydrogen (secondary N) is 1. The third kappa shape index (κ3) is 3.00. The molecule has 0 fully saturated rings. The van der Waals surface area contributed by atoms with Crippen LogP contribution in [0.4, 0.5) is 0 Å². The van der Waals surface area contributed by atoms with Crippen molar-refractivity contribution in [1.82, 2.24) is 9.84 Å². The molecule has 1 N–H and O–H groups in total. The first-order valence-electron chi connectivity index (χ1n) is 7.18. The lowest BCUT2D eigenvalue weighted by Gasteiger charge is -2.24. The van der Waals surface area contributed by atoms with Gasteiger partial charge in [-0.25, -0.2) is 8.42 Å². The molecule has 0 unspecified atom stereocenters. The molecule has 2 aromatic rings. The van der Waals surface area contributed by atoms with Crippen LogP contribution < -0.4 is 14.9 Å². The van der Waals surface area contributed by atoms with E-state index < -0.39 is 16.1 Å². The summed E-state index contributed by atoms with van der Waals surface area (Å²) >= 11 is 1.54. The Labute approximate surface area is 145 Å². The third-order valence-corrected chi connectivity index (χ3v) is 5.64. The molecule has 1 aliphatic rings. The summed E-state index contributed by atoms with van der Waals surface area (Å²) in [7, 11) is -0.399. The molecule has 0 amide bonds. The highest BCUT2D eigenvalue weighted by molar-refractivity contribution is 7.88. The van der Waals surface area contributed by atoms with Crippen molar-refractivity contribution in [3.05, 3.63) is 52.2 Å². The number of rotatable bonds is 5. The molecule has 6 nitrogen and oxygen atoms in total. The molecule has 0 radical (unpaired) electrons. The zero-order valence-corrected chi connectivity index (χ0v) is 15.1. The van der Waals surface area contributed by atoms with Crippen molar-refractivity contribution < 1.29 is 17.9 Å². The molecule has 1 atom stereocenters. The maximum Gasteiger partial charge on any atom is 0.228 e. The Kier molecular flexibility index (Phi) is 4.53. The van der Waals surface area contributed by atoms with Crippen molar-refractivity contribution in [3.8, 4) is 11.5 Å². The van der Waals surface area contributed by atoms with Gasteiger partial charge in [-0.05, 0) is 23.6 Å². The summed E-state index contributed by atoms with van der Waals surface area (Å²) in [6, 6.07) is 8.76. The fraction of sp³-hybridized carbons (Fsp3) is 0.250. The number of nitrogens with zero attached hydrogens (tertiary/aromatic N) is 1. The van der Waals surface area contributed by atoms with Crippen molar-refractivity contribution in [1.29, 1.82) is 0 Å². The van der Waals surface area contributed by atoms with Crippen LogP contribution in [-0.2, 0) is 10.0 Å². The van der Waals surface area contributed by atoms with Crippen molar-refractivity contribution >= 4 is 27.1 Å². The summed E-state index contributed by atoms with van der Waals surface area (Å²) in [6.45, 7) is 0. The van der Waals surface area contributed by atoms with Crippen molar-refractivity contribution in [2.45, 2.75) is 6.04 Å². The minimum Gasteiger partial charge on any atom is -0.493 e. The second-order valence-electron chi connectivity index (χ2n) is 5.26. The number of hydrogen-bond donors (Lipinski definition) is 1. The van der Waals surface area contributed by atoms with Crippen LogP contribution in [0.15, 0.2) is 41.8 Å². The second kappa shape index (κ2) is 6.46. The van der Waals surface area contributed by atoms with Crippen LogP contribution in [0, 0.1) is 0 Å². The minimum atomic E-state index is -3.49. The normalized spacial score (nSPS) is 18.1. The summed E-state index contributed by atoms with van der Waals surface area (Å²) in [6.07, 6.45) is 3.05. The molecule has 3 rings (SSSR count). The summed E-state index contributed by atoms with van der Waals surface area (Å²) < 4.78 is 36.5. The molecule has 0 spiro atoms. The van der Waals surface area contributed by atoms with E-state index in [1.54, 1.807) is 20.3 Å². The number of ether oxygens (including phenoxy) is 2. The van der Waals surface area contributed by atoms with Gasteiger partial charge in [-0.3, -0.25) is 0 Å². The highest BCUT2D eigenvalue weighted by atomic mass is 32.2. The van der Waals surface area contributed by atoms with Gasteiger partial charge < -0.3 is 14.9 Å². The van der Waals surface area contributed by atoms with Crippen LogP contribution in [0.25, 0.3) is 5.70 Å². The third-order valence-electron chi connectivity index (χ3n) is 3.70. The predicted molar refractivity (Wildman–Crippen MR) is 94.4 cm³/mol. The number of thiophene rings is 1. The molecule has 128 valence electrons. The first-order valence-corrected chi connectivity index (χ1v) is 9.91. The SMILES string of the molecule is COc1cccc([C@H]2C=C(c3cccs3)NN2S(C)(=O)=O)c1OC. The first kappa shape index (κ1) is 16.8. The Morgan fingerprint density at radius 1 is 1.17 bits per heavy atom. The van der Waals surface area contributed by atoms with E-state index in [9.17, 15) is 8.42 Å². The molecule has 0 bridgehead atoms. The van der Waals surface area contributed by atoms with Crippen LogP contribution in [0.5, 0.6) is 11.5 Å². The Hall–Kier alpha value is -2.03. The molecule has 24 heavy (non-hydrogen) atoms. The maximum atomic E-state index is 12.2. The summed E-state index contributed by atoms with van der Waals surface area (Å²) in [5.41, 5.74) is 4.46. The Balaban J connectivity index is 2.12. The van der Waals surface area contributed by atoms with E-state index in [1.165, 1.54) is 22.0 Å². The van der Waals surface area contributed by atoms with Gasteiger partial charge >= 0.3 is 0 Å². The molecule has 1 aliphatic heterocycles. The van der Waals surface area contributed by atoms with E-state index in [0.29, 0.717) is 17.1 Å². The molecule has 1 aromatic carbocycles. The predicted octanol–water partition coefficient (Wildman–Crippen LogP) is 2.63. The smallest absolute Gasteiger partial charge is 0.228 e. The zero-order valence-electron chi connectivity index (χ0n) is 13.5. The van der Waals surface area contributed by atoms with Crippen molar-refractivity contribution in [2.24, 2.45) is 0 Å². The Morgan fingerprint density at radius 2 is 1.96 bits per heavy atom. The minimum absolute atomic E-state index is 0.518. The average Bonchev–Trinajstić information content (AvgIpc) is 3.22. The van der Waals surface area contributed by atoms with E-state index in [2.05, 4.69) is 5.43 Å². The molecule has 8 heteroatoms. The molecule has 0 saturated heterocycles. The monoisotopic (exact) mass is 366 g/mol. The molecular weight excluding hydrogens is 348 g/mol. The van der Waals surface area contributed by atoms with Crippen molar-refractivity contribution in [3.63, 3.8) is 0 Å². The van der Waals surface area contributed by atoms with Crippen LogP contribution in [-0.4, -0.2) is 33.3 Å². The largest absolute Gasteiger partial charge is 0.493 e. The Bertz CT molecular complexity index is 860. The van der Waals surface area contributed by atoms with E-state index in [0.717, 1.165) is 10.6 Å². The van der Waals surface area contributed by atoms with Crippen LogP contribution in [0.1, 0.15) is 16.5 Å². The number of benzene rings is 1. The number of sulfonamides is 1. The highest BCUT2D eigenvalue weighted by Crippen LogP contribution is 2.41. The van der Waals surface area contributed by atoms with Gasteiger partial charge in [0.15, 0.2) is 11.5 Å². The van der Waals surface area contributed by atoms with Gasteiger partial charge in [-0.15, -0.1) is 15.8 Å². The van der Waals surface area contributed by atoms with Gasteiger partial charge in [0.2, 0.25) is 10.0 Å². The molecule has 0 aliphatic carbocycles. The Morgan fingerprint density at radius 3 is 2.54 bits per heavy atom. The van der Waals surface area contributed by atoms with Crippen LogP contribution in [0.2, 0.25) is 0 Å². The summed E-state index contributed by atoms with van der Waals surface area (Å²) in [5, 5.41) is 1.95. The highest BCUT2D eigenvalue weighted by Gasteiger charge is 2.35. The quantitative estimate of drug-likeness (QED) is 0.881. The number of methoxy groups -OCH3 is 2. The molecule has 1 aromatic heterocycles. The maximum absolute atomic E-state index is 12.2. The second-order valence-corrected chi connectivity index (χ2v) is 8.06. The topological polar surface area (TPSA) is 67.9 Å². The average molecular weight is 366 g/mol. The number of hydrazine groups is 1. The van der Waals surface area contributed by atoms with Crippen molar-refractivity contribution in [2.75, 3.05) is 20.5 Å². The van der Waals surface area contributed by atoms with Crippen LogP contribution in [0.3, 0.4) is 0 Å². The zero-order chi connectivity index (χ0) is 17.3. The first-order chi connectivity index (χ1) is 11.5. The summed E-state index contributed by atoms with van der Waals surface area (Å²) in [5.74, 6) is 1.07. The lowest BCUT2D eigenvalue weighted by atomic mass is 10.1. The fourth-order valence-electron chi connectivity index (χ4n) is 2.67. The van der Waals surface area contributed by atoms with E-state index in [4.69, 9.17) is 9.47 Å².